The van der Waals surface area contributed by atoms with E-state index < -0.39 is 47.5 Å². The van der Waals surface area contributed by atoms with Gasteiger partial charge in [-0.2, -0.15) is 31.6 Å². The zero-order valence-electron chi connectivity index (χ0n) is 13.5. The summed E-state index contributed by atoms with van der Waals surface area (Å²) in [6.07, 6.45) is -10.1. The first kappa shape index (κ1) is 20.7. The molecule has 0 radical (unpaired) electrons. The molecule has 1 atom stereocenters. The minimum absolute atomic E-state index is 0.0505. The van der Waals surface area contributed by atoms with E-state index in [0.29, 0.717) is 17.8 Å². The summed E-state index contributed by atoms with van der Waals surface area (Å²) in [7, 11) is 0. The number of rotatable bonds is 5. The summed E-state index contributed by atoms with van der Waals surface area (Å²) in [5.41, 5.74) is -2.56. The highest BCUT2D eigenvalue weighted by molar-refractivity contribution is 7.09. The first-order valence-electron chi connectivity index (χ1n) is 7.18. The number of benzene rings is 1. The van der Waals surface area contributed by atoms with Crippen LogP contribution in [0.15, 0.2) is 23.6 Å². The molecule has 0 unspecified atom stereocenters. The normalized spacial score (nSPS) is 13.1. The lowest BCUT2D eigenvalue weighted by Gasteiger charge is -2.15. The fourth-order valence-corrected chi connectivity index (χ4v) is 2.88. The van der Waals surface area contributed by atoms with Gasteiger partial charge in [0.1, 0.15) is 17.4 Å². The lowest BCUT2D eigenvalue weighted by atomic mass is 10.1. The Labute approximate surface area is 153 Å². The van der Waals surface area contributed by atoms with Crippen LogP contribution < -0.4 is 4.74 Å². The van der Waals surface area contributed by atoms with E-state index in [0.717, 1.165) is 11.3 Å². The monoisotopic (exact) mass is 408 g/mol. The maximum atomic E-state index is 12.8. The van der Waals surface area contributed by atoms with Gasteiger partial charge in [-0.25, -0.2) is 4.98 Å². The SMILES string of the molecule is Cc1csc([C@H](C#N)C(=O)COc2cc(C(F)(F)F)cc(C(F)(F)F)c2)n1. The molecule has 0 aliphatic carbocycles. The van der Waals surface area contributed by atoms with Gasteiger partial charge in [0.2, 0.25) is 0 Å². The predicted molar refractivity (Wildman–Crippen MR) is 82.2 cm³/mol. The summed E-state index contributed by atoms with van der Waals surface area (Å²) in [4.78, 5) is 16.1. The van der Waals surface area contributed by atoms with Crippen molar-refractivity contribution in [1.29, 1.82) is 5.26 Å². The molecule has 0 amide bonds. The van der Waals surface area contributed by atoms with E-state index in [2.05, 4.69) is 4.98 Å². The van der Waals surface area contributed by atoms with Crippen LogP contribution in [-0.4, -0.2) is 17.4 Å². The van der Waals surface area contributed by atoms with Crippen LogP contribution in [0.3, 0.4) is 0 Å². The molecule has 0 saturated carbocycles. The van der Waals surface area contributed by atoms with Crippen LogP contribution in [0.1, 0.15) is 27.7 Å². The first-order chi connectivity index (χ1) is 12.4. The quantitative estimate of drug-likeness (QED) is 0.671. The molecule has 1 heterocycles. The van der Waals surface area contributed by atoms with Gasteiger partial charge in [-0.15, -0.1) is 11.3 Å². The third kappa shape index (κ3) is 5.19. The molecule has 27 heavy (non-hydrogen) atoms. The number of aromatic nitrogens is 1. The van der Waals surface area contributed by atoms with Gasteiger partial charge in [-0.1, -0.05) is 0 Å². The molecule has 0 saturated heterocycles. The third-order valence-corrected chi connectivity index (χ3v) is 4.30. The molecule has 0 bridgehead atoms. The smallest absolute Gasteiger partial charge is 0.416 e. The topological polar surface area (TPSA) is 63.0 Å². The zero-order chi connectivity index (χ0) is 20.4. The van der Waals surface area contributed by atoms with Crippen LogP contribution in [0.4, 0.5) is 26.3 Å². The van der Waals surface area contributed by atoms with E-state index in [1.54, 1.807) is 18.4 Å². The van der Waals surface area contributed by atoms with Crippen molar-refractivity contribution in [3.8, 4) is 11.8 Å². The lowest BCUT2D eigenvalue weighted by Crippen LogP contribution is -2.19. The summed E-state index contributed by atoms with van der Waals surface area (Å²) in [6.45, 7) is 0.756. The van der Waals surface area contributed by atoms with E-state index in [1.807, 2.05) is 0 Å². The zero-order valence-corrected chi connectivity index (χ0v) is 14.3. The van der Waals surface area contributed by atoms with Crippen molar-refractivity contribution in [3.63, 3.8) is 0 Å². The Hall–Kier alpha value is -2.61. The number of ketones is 1. The highest BCUT2D eigenvalue weighted by atomic mass is 32.1. The van der Waals surface area contributed by atoms with Gasteiger partial charge in [-0.05, 0) is 25.1 Å². The Kier molecular flexibility index (Phi) is 5.79. The van der Waals surface area contributed by atoms with Gasteiger partial charge in [0.15, 0.2) is 11.7 Å². The summed E-state index contributed by atoms with van der Waals surface area (Å²) in [5.74, 6) is -2.94. The van der Waals surface area contributed by atoms with Gasteiger partial charge in [0.25, 0.3) is 0 Å². The molecular weight excluding hydrogens is 398 g/mol. The number of halogens is 6. The van der Waals surface area contributed by atoms with Crippen molar-refractivity contribution in [1.82, 2.24) is 4.98 Å². The number of Topliss-reactive ketones (excluding diaryl/α,β-unsaturated/α-hetero) is 1. The van der Waals surface area contributed by atoms with Gasteiger partial charge in [-0.3, -0.25) is 4.79 Å². The van der Waals surface area contributed by atoms with Crippen molar-refractivity contribution >= 4 is 17.1 Å². The molecule has 0 aliphatic rings. The number of ether oxygens (including phenoxy) is 1. The van der Waals surface area contributed by atoms with Gasteiger partial charge in [0.05, 0.1) is 17.2 Å². The largest absolute Gasteiger partial charge is 0.486 e. The standard InChI is InChI=1S/C16H10F6N2O2S/c1-8-7-27-14(24-8)12(5-23)13(25)6-26-11-3-9(15(17,18)19)2-10(4-11)16(20,21)22/h2-4,7,12H,6H2,1H3/t12-/m1/s1. The number of nitriles is 1. The second-order valence-electron chi connectivity index (χ2n) is 5.39. The summed E-state index contributed by atoms with van der Waals surface area (Å²) < 4.78 is 81.6. The third-order valence-electron chi connectivity index (χ3n) is 3.28. The van der Waals surface area contributed by atoms with Gasteiger partial charge >= 0.3 is 12.4 Å². The Bertz CT molecular complexity index is 850. The number of alkyl halides is 6. The number of nitrogens with zero attached hydrogens (tertiary/aromatic N) is 2. The molecule has 4 nitrogen and oxygen atoms in total. The summed E-state index contributed by atoms with van der Waals surface area (Å²) in [6, 6.07) is 2.36. The summed E-state index contributed by atoms with van der Waals surface area (Å²) in [5, 5.41) is 10.9. The average Bonchev–Trinajstić information content (AvgIpc) is 2.98. The minimum Gasteiger partial charge on any atom is -0.486 e. The Morgan fingerprint density at radius 3 is 2.15 bits per heavy atom. The molecule has 2 rings (SSSR count). The molecule has 11 heteroatoms. The van der Waals surface area contributed by atoms with Crippen LogP contribution in [0, 0.1) is 18.3 Å². The fraction of sp³-hybridized carbons (Fsp3) is 0.312. The second kappa shape index (κ2) is 7.56. The molecular formula is C16H10F6N2O2S. The molecule has 0 aliphatic heterocycles. The fourth-order valence-electron chi connectivity index (χ4n) is 2.02. The second-order valence-corrected chi connectivity index (χ2v) is 6.28. The van der Waals surface area contributed by atoms with Gasteiger partial charge in [0, 0.05) is 11.1 Å². The molecule has 0 spiro atoms. The van der Waals surface area contributed by atoms with Crippen LogP contribution in [-0.2, 0) is 17.1 Å². The highest BCUT2D eigenvalue weighted by Crippen LogP contribution is 2.38. The Morgan fingerprint density at radius 1 is 1.19 bits per heavy atom. The number of hydrogen-bond acceptors (Lipinski definition) is 5. The lowest BCUT2D eigenvalue weighted by molar-refractivity contribution is -0.143. The Morgan fingerprint density at radius 2 is 1.74 bits per heavy atom. The van der Waals surface area contributed by atoms with Crippen LogP contribution >= 0.6 is 11.3 Å². The first-order valence-corrected chi connectivity index (χ1v) is 8.06. The van der Waals surface area contributed by atoms with E-state index in [-0.39, 0.29) is 11.1 Å². The van der Waals surface area contributed by atoms with E-state index in [9.17, 15) is 31.1 Å². The molecule has 144 valence electrons. The predicted octanol–water partition coefficient (Wildman–Crippen LogP) is 4.74. The van der Waals surface area contributed by atoms with Crippen molar-refractivity contribution in [2.75, 3.05) is 6.61 Å². The van der Waals surface area contributed by atoms with Crippen molar-refractivity contribution in [2.24, 2.45) is 0 Å². The average molecular weight is 408 g/mol. The number of hydrogen-bond donors (Lipinski definition) is 0. The van der Waals surface area contributed by atoms with Crippen LogP contribution in [0.5, 0.6) is 5.75 Å². The van der Waals surface area contributed by atoms with Crippen molar-refractivity contribution in [3.05, 3.63) is 45.4 Å². The highest BCUT2D eigenvalue weighted by Gasteiger charge is 2.37. The van der Waals surface area contributed by atoms with Crippen molar-refractivity contribution in [2.45, 2.75) is 25.2 Å². The summed E-state index contributed by atoms with van der Waals surface area (Å²) >= 11 is 1.04. The number of thiazole rings is 1. The molecule has 0 N–H and O–H groups in total. The maximum absolute atomic E-state index is 12.8. The molecule has 1 aromatic heterocycles. The number of aryl methyl sites for hydroxylation is 1. The van der Waals surface area contributed by atoms with E-state index in [1.165, 1.54) is 0 Å². The Balaban J connectivity index is 2.24. The molecule has 0 fully saturated rings. The van der Waals surface area contributed by atoms with Crippen LogP contribution in [0.25, 0.3) is 0 Å². The van der Waals surface area contributed by atoms with Crippen molar-refractivity contribution < 1.29 is 35.9 Å². The van der Waals surface area contributed by atoms with Gasteiger partial charge < -0.3 is 4.74 Å². The van der Waals surface area contributed by atoms with E-state index >= 15 is 0 Å². The maximum Gasteiger partial charge on any atom is 0.416 e. The number of carbonyl (C=O) groups is 1. The molecule has 2 aromatic rings. The van der Waals surface area contributed by atoms with E-state index in [4.69, 9.17) is 10.00 Å². The number of carbonyl (C=O) groups excluding carboxylic acids is 1. The minimum atomic E-state index is -5.03. The van der Waals surface area contributed by atoms with Crippen LogP contribution in [0.2, 0.25) is 0 Å². The molecule has 1 aromatic carbocycles.